The molecular weight excluding hydrogens is 230 g/mol. The summed E-state index contributed by atoms with van der Waals surface area (Å²) in [4.78, 5) is 0. The molecule has 0 amide bonds. The molecule has 96 valence electrons. The van der Waals surface area contributed by atoms with Crippen molar-refractivity contribution in [2.45, 2.75) is 19.3 Å². The molecule has 3 nitrogen and oxygen atoms in total. The van der Waals surface area contributed by atoms with E-state index in [1.54, 1.807) is 0 Å². The summed E-state index contributed by atoms with van der Waals surface area (Å²) in [6, 6.07) is 2.73. The van der Waals surface area contributed by atoms with E-state index in [4.69, 9.17) is 14.6 Å². The zero-order chi connectivity index (χ0) is 13.1. The first-order valence-electron chi connectivity index (χ1n) is 5.18. The highest BCUT2D eigenvalue weighted by molar-refractivity contribution is 5.48. The number of methoxy groups -OCH3 is 2. The first kappa shape index (κ1) is 13.7. The molecule has 1 rings (SSSR count). The number of alkyl halides is 2. The summed E-state index contributed by atoms with van der Waals surface area (Å²) < 4.78 is 36.8. The van der Waals surface area contributed by atoms with Crippen molar-refractivity contribution in [2.24, 2.45) is 0 Å². The molecule has 5 heteroatoms. The van der Waals surface area contributed by atoms with E-state index in [2.05, 4.69) is 0 Å². The zero-order valence-electron chi connectivity index (χ0n) is 10.1. The van der Waals surface area contributed by atoms with E-state index in [-0.39, 0.29) is 24.3 Å². The van der Waals surface area contributed by atoms with Crippen molar-refractivity contribution in [1.29, 1.82) is 0 Å². The summed E-state index contributed by atoms with van der Waals surface area (Å²) in [7, 11) is 2.82. The van der Waals surface area contributed by atoms with E-state index in [0.29, 0.717) is 11.3 Å². The molecule has 1 aromatic carbocycles. The van der Waals surface area contributed by atoms with Gasteiger partial charge in [-0.1, -0.05) is 0 Å². The normalized spacial score (nSPS) is 11.4. The minimum Gasteiger partial charge on any atom is -0.493 e. The van der Waals surface area contributed by atoms with Crippen LogP contribution < -0.4 is 9.47 Å². The number of rotatable bonds is 5. The first-order chi connectivity index (χ1) is 7.93. The van der Waals surface area contributed by atoms with Crippen LogP contribution in [0.15, 0.2) is 12.1 Å². The Morgan fingerprint density at radius 3 is 2.12 bits per heavy atom. The van der Waals surface area contributed by atoms with E-state index < -0.39 is 5.92 Å². The molecule has 0 bridgehead atoms. The fraction of sp³-hybridized carbons (Fsp3) is 0.500. The molecule has 0 atom stereocenters. The van der Waals surface area contributed by atoms with Gasteiger partial charge in [0.2, 0.25) is 0 Å². The molecule has 0 aliphatic rings. The molecule has 1 N–H and O–H groups in total. The monoisotopic (exact) mass is 246 g/mol. The largest absolute Gasteiger partial charge is 0.493 e. The van der Waals surface area contributed by atoms with E-state index in [1.165, 1.54) is 26.4 Å². The maximum absolute atomic E-state index is 13.4. The van der Waals surface area contributed by atoms with Gasteiger partial charge in [0, 0.05) is 19.1 Å². The third-order valence-electron chi connectivity index (χ3n) is 2.46. The third kappa shape index (κ3) is 3.06. The first-order valence-corrected chi connectivity index (χ1v) is 5.18. The molecule has 0 spiro atoms. The van der Waals surface area contributed by atoms with E-state index in [0.717, 1.165) is 6.92 Å². The van der Waals surface area contributed by atoms with Crippen molar-refractivity contribution in [1.82, 2.24) is 0 Å². The SMILES string of the molecule is COc1cc(CCO)c(C(C)(F)F)cc1OC. The van der Waals surface area contributed by atoms with Gasteiger partial charge in [-0.05, 0) is 24.1 Å². The molecule has 0 aromatic heterocycles. The standard InChI is InChI=1S/C12H16F2O3/c1-12(13,14)9-7-11(17-3)10(16-2)6-8(9)4-5-15/h6-7,15H,4-5H2,1-3H3. The zero-order valence-corrected chi connectivity index (χ0v) is 10.1. The van der Waals surface area contributed by atoms with Crippen LogP contribution in [-0.4, -0.2) is 25.9 Å². The summed E-state index contributed by atoms with van der Waals surface area (Å²) >= 11 is 0. The van der Waals surface area contributed by atoms with Crippen molar-refractivity contribution >= 4 is 0 Å². The Morgan fingerprint density at radius 1 is 1.18 bits per heavy atom. The van der Waals surface area contributed by atoms with Crippen molar-refractivity contribution in [3.05, 3.63) is 23.3 Å². The van der Waals surface area contributed by atoms with Gasteiger partial charge in [0.05, 0.1) is 14.2 Å². The van der Waals surface area contributed by atoms with E-state index >= 15 is 0 Å². The van der Waals surface area contributed by atoms with E-state index in [9.17, 15) is 8.78 Å². The van der Waals surface area contributed by atoms with Crippen molar-refractivity contribution in [3.8, 4) is 11.5 Å². The number of hydrogen-bond donors (Lipinski definition) is 1. The summed E-state index contributed by atoms with van der Waals surface area (Å²) in [5.74, 6) is -2.35. The van der Waals surface area contributed by atoms with Crippen molar-refractivity contribution in [3.63, 3.8) is 0 Å². The fourth-order valence-corrected chi connectivity index (χ4v) is 1.66. The van der Waals surface area contributed by atoms with Gasteiger partial charge in [-0.25, -0.2) is 8.78 Å². The van der Waals surface area contributed by atoms with Gasteiger partial charge in [0.25, 0.3) is 5.92 Å². The Labute approximate surface area is 99.0 Å². The average molecular weight is 246 g/mol. The lowest BCUT2D eigenvalue weighted by molar-refractivity contribution is 0.0161. The highest BCUT2D eigenvalue weighted by atomic mass is 19.3. The highest BCUT2D eigenvalue weighted by Gasteiger charge is 2.29. The maximum Gasteiger partial charge on any atom is 0.270 e. The number of aliphatic hydroxyl groups excluding tert-OH is 1. The molecule has 0 radical (unpaired) electrons. The highest BCUT2D eigenvalue weighted by Crippen LogP contribution is 2.38. The van der Waals surface area contributed by atoms with E-state index in [1.807, 2.05) is 0 Å². The molecule has 0 unspecified atom stereocenters. The van der Waals surface area contributed by atoms with Crippen molar-refractivity contribution in [2.75, 3.05) is 20.8 Å². The Kier molecular flexibility index (Phi) is 4.28. The minimum atomic E-state index is -2.98. The van der Waals surface area contributed by atoms with Gasteiger partial charge >= 0.3 is 0 Å². The second-order valence-electron chi connectivity index (χ2n) is 3.73. The lowest BCUT2D eigenvalue weighted by Gasteiger charge is -2.18. The number of benzene rings is 1. The third-order valence-corrected chi connectivity index (χ3v) is 2.46. The second-order valence-corrected chi connectivity index (χ2v) is 3.73. The van der Waals surface area contributed by atoms with Gasteiger partial charge in [-0.2, -0.15) is 0 Å². The molecule has 0 saturated carbocycles. The second kappa shape index (κ2) is 5.31. The molecule has 0 aliphatic carbocycles. The van der Waals surface area contributed by atoms with Gasteiger partial charge in [-0.15, -0.1) is 0 Å². The lowest BCUT2D eigenvalue weighted by Crippen LogP contribution is -2.12. The lowest BCUT2D eigenvalue weighted by atomic mass is 9.99. The summed E-state index contributed by atoms with van der Waals surface area (Å²) in [6.07, 6.45) is 0.152. The van der Waals surface area contributed by atoms with Crippen LogP contribution in [0.3, 0.4) is 0 Å². The van der Waals surface area contributed by atoms with Crippen LogP contribution in [0.2, 0.25) is 0 Å². The molecule has 1 aromatic rings. The maximum atomic E-state index is 13.4. The summed E-state index contributed by atoms with van der Waals surface area (Å²) in [6.45, 7) is 0.619. The predicted octanol–water partition coefficient (Wildman–Crippen LogP) is 2.35. The van der Waals surface area contributed by atoms with Gasteiger partial charge in [0.1, 0.15) is 0 Å². The molecule has 0 heterocycles. The Morgan fingerprint density at radius 2 is 1.71 bits per heavy atom. The topological polar surface area (TPSA) is 38.7 Å². The number of ether oxygens (including phenoxy) is 2. The average Bonchev–Trinajstić information content (AvgIpc) is 2.27. The summed E-state index contributed by atoms with van der Waals surface area (Å²) in [5, 5.41) is 8.88. The fourth-order valence-electron chi connectivity index (χ4n) is 1.66. The van der Waals surface area contributed by atoms with Crippen LogP contribution >= 0.6 is 0 Å². The van der Waals surface area contributed by atoms with Crippen LogP contribution in [0, 0.1) is 0 Å². The minimum absolute atomic E-state index is 0.149. The van der Waals surface area contributed by atoms with Crippen molar-refractivity contribution < 1.29 is 23.4 Å². The van der Waals surface area contributed by atoms with Crippen LogP contribution in [0.1, 0.15) is 18.1 Å². The number of halogens is 2. The molecule has 0 saturated heterocycles. The van der Waals surface area contributed by atoms with Crippen LogP contribution in [0.4, 0.5) is 8.78 Å². The predicted molar refractivity (Wildman–Crippen MR) is 59.9 cm³/mol. The Hall–Kier alpha value is -1.36. The number of hydrogen-bond acceptors (Lipinski definition) is 3. The summed E-state index contributed by atoms with van der Waals surface area (Å²) in [5.41, 5.74) is 0.210. The molecular formula is C12H16F2O3. The quantitative estimate of drug-likeness (QED) is 0.866. The smallest absolute Gasteiger partial charge is 0.270 e. The van der Waals surface area contributed by atoms with Gasteiger partial charge < -0.3 is 14.6 Å². The molecule has 17 heavy (non-hydrogen) atoms. The Balaban J connectivity index is 3.35. The van der Waals surface area contributed by atoms with Crippen LogP contribution in [0.25, 0.3) is 0 Å². The van der Waals surface area contributed by atoms with Gasteiger partial charge in [0.15, 0.2) is 11.5 Å². The number of aliphatic hydroxyl groups is 1. The van der Waals surface area contributed by atoms with Gasteiger partial charge in [-0.3, -0.25) is 0 Å². The van der Waals surface area contributed by atoms with Crippen LogP contribution in [0.5, 0.6) is 11.5 Å². The molecule has 0 aliphatic heterocycles. The Bertz CT molecular complexity index is 386. The molecule has 0 fully saturated rings. The van der Waals surface area contributed by atoms with Crippen LogP contribution in [-0.2, 0) is 12.3 Å².